The van der Waals surface area contributed by atoms with Crippen LogP contribution in [0.3, 0.4) is 0 Å². The van der Waals surface area contributed by atoms with Gasteiger partial charge in [-0.25, -0.2) is 0 Å². The van der Waals surface area contributed by atoms with Gasteiger partial charge >= 0.3 is 0 Å². The molecule has 0 aliphatic carbocycles. The average Bonchev–Trinajstić information content (AvgIpc) is 2.57. The second-order valence-electron chi connectivity index (χ2n) is 6.52. The number of methoxy groups -OCH3 is 1. The van der Waals surface area contributed by atoms with Crippen molar-refractivity contribution in [3.8, 4) is 5.75 Å². The first kappa shape index (κ1) is 19.5. The summed E-state index contributed by atoms with van der Waals surface area (Å²) in [5.41, 5.74) is 3.11. The van der Waals surface area contributed by atoms with Crippen LogP contribution >= 0.6 is 23.8 Å². The highest BCUT2D eigenvalue weighted by atomic mass is 35.5. The van der Waals surface area contributed by atoms with Crippen molar-refractivity contribution in [3.05, 3.63) is 58.6 Å². The summed E-state index contributed by atoms with van der Waals surface area (Å²) in [4.78, 5) is 0. The van der Waals surface area contributed by atoms with E-state index >= 15 is 0 Å². The second-order valence-corrected chi connectivity index (χ2v) is 7.33. The van der Waals surface area contributed by atoms with Gasteiger partial charge in [0.1, 0.15) is 5.75 Å². The summed E-state index contributed by atoms with van der Waals surface area (Å²) >= 11 is 11.7. The molecule has 0 radical (unpaired) electrons. The third-order valence-electron chi connectivity index (χ3n) is 3.96. The summed E-state index contributed by atoms with van der Waals surface area (Å²) in [6.07, 6.45) is 0.975. The predicted molar refractivity (Wildman–Crippen MR) is 111 cm³/mol. The maximum Gasteiger partial charge on any atom is 0.171 e. The molecule has 0 bridgehead atoms. The normalized spacial score (nSPS) is 11.9. The number of ether oxygens (including phenoxy) is 1. The summed E-state index contributed by atoms with van der Waals surface area (Å²) in [5, 5.41) is 7.95. The number of anilines is 1. The Hall–Kier alpha value is -1.78. The molecule has 2 aromatic rings. The smallest absolute Gasteiger partial charge is 0.171 e. The Labute approximate surface area is 160 Å². The highest BCUT2D eigenvalue weighted by Gasteiger charge is 2.15. The van der Waals surface area contributed by atoms with Crippen LogP contribution in [0.15, 0.2) is 42.5 Å². The second kappa shape index (κ2) is 9.07. The molecule has 0 spiro atoms. The third-order valence-corrected chi connectivity index (χ3v) is 4.59. The van der Waals surface area contributed by atoms with Crippen molar-refractivity contribution in [1.82, 2.24) is 5.32 Å². The molecule has 2 rings (SSSR count). The van der Waals surface area contributed by atoms with E-state index in [1.165, 1.54) is 5.56 Å². The lowest BCUT2D eigenvalue weighted by Crippen LogP contribution is -2.33. The fraction of sp³-hybridized carbons (Fsp3) is 0.350. The van der Waals surface area contributed by atoms with Crippen LogP contribution in [0, 0.1) is 12.8 Å². The van der Waals surface area contributed by atoms with Gasteiger partial charge in [-0.15, -0.1) is 0 Å². The molecule has 2 N–H and O–H groups in total. The van der Waals surface area contributed by atoms with Gasteiger partial charge in [0, 0.05) is 10.7 Å². The molecule has 0 aliphatic heterocycles. The molecule has 0 amide bonds. The summed E-state index contributed by atoms with van der Waals surface area (Å²) in [5.74, 6) is 1.39. The van der Waals surface area contributed by atoms with E-state index in [0.717, 1.165) is 28.4 Å². The number of aryl methyl sites for hydroxylation is 1. The van der Waals surface area contributed by atoms with Gasteiger partial charge in [-0.2, -0.15) is 0 Å². The molecular formula is C20H25ClN2OS. The number of benzene rings is 2. The summed E-state index contributed by atoms with van der Waals surface area (Å²) in [6.45, 7) is 6.38. The topological polar surface area (TPSA) is 33.3 Å². The molecule has 5 heteroatoms. The van der Waals surface area contributed by atoms with E-state index in [-0.39, 0.29) is 6.04 Å². The van der Waals surface area contributed by atoms with Crippen molar-refractivity contribution in [2.24, 2.45) is 5.92 Å². The monoisotopic (exact) mass is 376 g/mol. The quantitative estimate of drug-likeness (QED) is 0.630. The summed E-state index contributed by atoms with van der Waals surface area (Å²) < 4.78 is 5.24. The van der Waals surface area contributed by atoms with E-state index in [2.05, 4.69) is 36.6 Å². The summed E-state index contributed by atoms with van der Waals surface area (Å²) in [6, 6.07) is 14.1. The first-order valence-corrected chi connectivity index (χ1v) is 9.15. The lowest BCUT2D eigenvalue weighted by Gasteiger charge is -2.23. The molecule has 0 aromatic heterocycles. The maximum absolute atomic E-state index is 6.18. The third kappa shape index (κ3) is 5.91. The highest BCUT2D eigenvalue weighted by molar-refractivity contribution is 7.80. The molecule has 1 unspecified atom stereocenters. The number of thiocarbonyl (C=S) groups is 1. The van der Waals surface area contributed by atoms with Crippen LogP contribution in [0.1, 0.15) is 37.4 Å². The largest absolute Gasteiger partial charge is 0.497 e. The average molecular weight is 377 g/mol. The number of halogens is 1. The van der Waals surface area contributed by atoms with Crippen LogP contribution in [-0.4, -0.2) is 12.2 Å². The fourth-order valence-electron chi connectivity index (χ4n) is 2.58. The zero-order valence-electron chi connectivity index (χ0n) is 15.1. The van der Waals surface area contributed by atoms with Crippen molar-refractivity contribution >= 4 is 34.6 Å². The fourth-order valence-corrected chi connectivity index (χ4v) is 3.02. The minimum absolute atomic E-state index is 0.131. The maximum atomic E-state index is 6.18. The van der Waals surface area contributed by atoms with E-state index in [4.69, 9.17) is 28.6 Å². The van der Waals surface area contributed by atoms with Gasteiger partial charge in [-0.05, 0) is 66.9 Å². The van der Waals surface area contributed by atoms with Crippen molar-refractivity contribution in [3.63, 3.8) is 0 Å². The van der Waals surface area contributed by atoms with Crippen LogP contribution in [-0.2, 0) is 0 Å². The molecule has 0 saturated heterocycles. The van der Waals surface area contributed by atoms with Gasteiger partial charge in [0.05, 0.1) is 13.2 Å². The Balaban J connectivity index is 2.09. The Morgan fingerprint density at radius 3 is 2.40 bits per heavy atom. The Morgan fingerprint density at radius 1 is 1.16 bits per heavy atom. The number of hydrogen-bond donors (Lipinski definition) is 2. The van der Waals surface area contributed by atoms with E-state index < -0.39 is 0 Å². The molecule has 0 aliphatic rings. The standard InChI is InChI=1S/C20H25ClN2OS/c1-13(2)11-19(15-6-9-17(24-4)10-7-15)23-20(25)22-16-8-5-14(3)18(21)12-16/h5-10,12-13,19H,11H2,1-4H3,(H2,22,23,25). The zero-order valence-corrected chi connectivity index (χ0v) is 16.7. The molecule has 0 heterocycles. The van der Waals surface area contributed by atoms with Crippen LogP contribution in [0.25, 0.3) is 0 Å². The first-order chi connectivity index (χ1) is 11.9. The molecule has 1 atom stereocenters. The number of nitrogens with one attached hydrogen (secondary N) is 2. The number of rotatable bonds is 6. The van der Waals surface area contributed by atoms with E-state index in [0.29, 0.717) is 11.0 Å². The van der Waals surface area contributed by atoms with Gasteiger partial charge in [-0.1, -0.05) is 43.6 Å². The molecular weight excluding hydrogens is 352 g/mol. The van der Waals surface area contributed by atoms with Crippen molar-refractivity contribution in [2.75, 3.05) is 12.4 Å². The minimum atomic E-state index is 0.131. The van der Waals surface area contributed by atoms with Crippen molar-refractivity contribution in [1.29, 1.82) is 0 Å². The minimum Gasteiger partial charge on any atom is -0.497 e. The van der Waals surface area contributed by atoms with Crippen LogP contribution in [0.2, 0.25) is 5.02 Å². The molecule has 0 fully saturated rings. The van der Waals surface area contributed by atoms with E-state index in [1.807, 2.05) is 37.3 Å². The summed E-state index contributed by atoms with van der Waals surface area (Å²) in [7, 11) is 1.67. The Bertz CT molecular complexity index is 716. The number of hydrogen-bond acceptors (Lipinski definition) is 2. The van der Waals surface area contributed by atoms with Gasteiger partial charge in [0.25, 0.3) is 0 Å². The molecule has 134 valence electrons. The van der Waals surface area contributed by atoms with Gasteiger partial charge in [0.15, 0.2) is 5.11 Å². The van der Waals surface area contributed by atoms with Gasteiger partial charge in [0.2, 0.25) is 0 Å². The highest BCUT2D eigenvalue weighted by Crippen LogP contribution is 2.24. The molecule has 0 saturated carbocycles. The first-order valence-electron chi connectivity index (χ1n) is 8.36. The lowest BCUT2D eigenvalue weighted by molar-refractivity contribution is 0.414. The van der Waals surface area contributed by atoms with Gasteiger partial charge < -0.3 is 15.4 Å². The SMILES string of the molecule is COc1ccc(C(CC(C)C)NC(=S)Nc2ccc(C)c(Cl)c2)cc1. The van der Waals surface area contributed by atoms with E-state index in [9.17, 15) is 0 Å². The lowest BCUT2D eigenvalue weighted by atomic mass is 9.97. The molecule has 25 heavy (non-hydrogen) atoms. The van der Waals surface area contributed by atoms with Crippen LogP contribution in [0.5, 0.6) is 5.75 Å². The van der Waals surface area contributed by atoms with Crippen molar-refractivity contribution in [2.45, 2.75) is 33.2 Å². The molecule has 3 nitrogen and oxygen atoms in total. The zero-order chi connectivity index (χ0) is 18.4. The predicted octanol–water partition coefficient (Wildman–Crippen LogP) is 5.73. The van der Waals surface area contributed by atoms with Crippen molar-refractivity contribution < 1.29 is 4.74 Å². The Morgan fingerprint density at radius 2 is 1.84 bits per heavy atom. The van der Waals surface area contributed by atoms with Gasteiger partial charge in [-0.3, -0.25) is 0 Å². The van der Waals surface area contributed by atoms with E-state index in [1.54, 1.807) is 7.11 Å². The van der Waals surface area contributed by atoms with Crippen LogP contribution < -0.4 is 15.4 Å². The Kier molecular flexibility index (Phi) is 7.09. The molecule has 2 aromatic carbocycles. The van der Waals surface area contributed by atoms with Crippen LogP contribution in [0.4, 0.5) is 5.69 Å².